The summed E-state index contributed by atoms with van der Waals surface area (Å²) in [6, 6.07) is 1.84. The van der Waals surface area contributed by atoms with Crippen molar-refractivity contribution in [3.63, 3.8) is 0 Å². The number of anilines is 1. The van der Waals surface area contributed by atoms with E-state index in [0.717, 1.165) is 70.8 Å². The van der Waals surface area contributed by atoms with Crippen LogP contribution >= 0.6 is 0 Å². The maximum atomic E-state index is 12.6. The number of aromatic nitrogens is 2. The van der Waals surface area contributed by atoms with Gasteiger partial charge in [0.05, 0.1) is 11.8 Å². The van der Waals surface area contributed by atoms with Crippen LogP contribution in [0.15, 0.2) is 18.5 Å². The Kier molecular flexibility index (Phi) is 5.90. The third kappa shape index (κ3) is 4.04. The second kappa shape index (κ2) is 8.55. The Morgan fingerprint density at radius 3 is 2.36 bits per heavy atom. The number of hydrogen-bond acceptors (Lipinski definition) is 6. The molecule has 3 atom stereocenters. The van der Waals surface area contributed by atoms with E-state index in [4.69, 9.17) is 0 Å². The molecule has 0 radical (unpaired) electrons. The van der Waals surface area contributed by atoms with Gasteiger partial charge in [-0.3, -0.25) is 19.4 Å². The number of rotatable bonds is 6. The Balaban J connectivity index is 1.18. The lowest BCUT2D eigenvalue weighted by atomic mass is 9.76. The summed E-state index contributed by atoms with van der Waals surface area (Å²) < 4.78 is 0. The van der Waals surface area contributed by atoms with Gasteiger partial charge in [0.1, 0.15) is 0 Å². The fourth-order valence-electron chi connectivity index (χ4n) is 4.91. The number of piperazine rings is 1. The molecule has 2 aliphatic heterocycles. The van der Waals surface area contributed by atoms with Crippen molar-refractivity contribution < 1.29 is 9.59 Å². The van der Waals surface area contributed by atoms with E-state index in [1.54, 1.807) is 17.3 Å². The van der Waals surface area contributed by atoms with Crippen LogP contribution < -0.4 is 4.90 Å². The second-order valence-corrected chi connectivity index (χ2v) is 8.54. The van der Waals surface area contributed by atoms with Gasteiger partial charge in [-0.15, -0.1) is 0 Å². The van der Waals surface area contributed by atoms with Crippen molar-refractivity contribution >= 4 is 17.8 Å². The highest BCUT2D eigenvalue weighted by molar-refractivity contribution is 6.05. The topological polar surface area (TPSA) is 69.6 Å². The molecule has 3 aliphatic rings. The summed E-state index contributed by atoms with van der Waals surface area (Å²) in [5.41, 5.74) is 0. The first-order valence-corrected chi connectivity index (χ1v) is 10.7. The van der Waals surface area contributed by atoms with Crippen LogP contribution in [-0.4, -0.2) is 70.9 Å². The molecule has 3 fully saturated rings. The molecular formula is C21H31N5O2. The van der Waals surface area contributed by atoms with Crippen LogP contribution in [0.1, 0.15) is 39.0 Å². The van der Waals surface area contributed by atoms with Crippen LogP contribution in [0.3, 0.4) is 0 Å². The highest BCUT2D eigenvalue weighted by Crippen LogP contribution is 2.40. The molecule has 7 heteroatoms. The number of carbonyl (C=O) groups is 2. The summed E-state index contributed by atoms with van der Waals surface area (Å²) in [7, 11) is 0. The minimum absolute atomic E-state index is 0.0306. The van der Waals surface area contributed by atoms with Gasteiger partial charge >= 0.3 is 0 Å². The first-order chi connectivity index (χ1) is 13.6. The van der Waals surface area contributed by atoms with Gasteiger partial charge in [-0.25, -0.2) is 9.97 Å². The minimum Gasteiger partial charge on any atom is -0.338 e. The molecule has 2 amide bonds. The highest BCUT2D eigenvalue weighted by atomic mass is 16.2. The van der Waals surface area contributed by atoms with E-state index in [-0.39, 0.29) is 23.7 Å². The van der Waals surface area contributed by atoms with Crippen LogP contribution in [0.25, 0.3) is 0 Å². The van der Waals surface area contributed by atoms with Crippen molar-refractivity contribution in [2.75, 3.05) is 44.2 Å². The van der Waals surface area contributed by atoms with E-state index in [2.05, 4.69) is 26.7 Å². The van der Waals surface area contributed by atoms with Crippen LogP contribution in [0.4, 0.5) is 5.95 Å². The zero-order chi connectivity index (χ0) is 19.5. The maximum absolute atomic E-state index is 12.6. The molecule has 4 rings (SSSR count). The van der Waals surface area contributed by atoms with Crippen molar-refractivity contribution in [3.8, 4) is 0 Å². The molecule has 0 N–H and O–H groups in total. The number of fused-ring (bicyclic) bond motifs is 1. The molecule has 152 valence electrons. The largest absolute Gasteiger partial charge is 0.338 e. The Labute approximate surface area is 167 Å². The zero-order valence-electron chi connectivity index (χ0n) is 16.8. The summed E-state index contributed by atoms with van der Waals surface area (Å²) in [6.07, 6.45) is 8.34. The molecule has 0 spiro atoms. The van der Waals surface area contributed by atoms with Gasteiger partial charge in [0.15, 0.2) is 0 Å². The molecule has 3 heterocycles. The SMILES string of the molecule is CC1CCC2C(=O)N(CCCCN3CCN(c4ncccn4)CC3)C(=O)C2C1. The van der Waals surface area contributed by atoms with E-state index in [0.29, 0.717) is 12.5 Å². The molecule has 28 heavy (non-hydrogen) atoms. The Morgan fingerprint density at radius 1 is 0.929 bits per heavy atom. The van der Waals surface area contributed by atoms with Gasteiger partial charge in [-0.2, -0.15) is 0 Å². The Bertz CT molecular complexity index is 689. The summed E-state index contributed by atoms with van der Waals surface area (Å²) in [4.78, 5) is 40.1. The zero-order valence-corrected chi connectivity index (χ0v) is 16.8. The lowest BCUT2D eigenvalue weighted by Gasteiger charge is -2.34. The molecule has 0 aromatic carbocycles. The van der Waals surface area contributed by atoms with Gasteiger partial charge in [-0.05, 0) is 50.6 Å². The molecule has 1 aliphatic carbocycles. The van der Waals surface area contributed by atoms with Crippen molar-refractivity contribution in [2.45, 2.75) is 39.0 Å². The van der Waals surface area contributed by atoms with Gasteiger partial charge in [-0.1, -0.05) is 6.92 Å². The summed E-state index contributed by atoms with van der Waals surface area (Å²) >= 11 is 0. The van der Waals surface area contributed by atoms with Gasteiger partial charge in [0.2, 0.25) is 17.8 Å². The van der Waals surface area contributed by atoms with E-state index in [1.807, 2.05) is 6.07 Å². The fourth-order valence-corrected chi connectivity index (χ4v) is 4.91. The number of hydrogen-bond donors (Lipinski definition) is 0. The number of nitrogens with zero attached hydrogens (tertiary/aromatic N) is 5. The number of carbonyl (C=O) groups excluding carboxylic acids is 2. The summed E-state index contributed by atoms with van der Waals surface area (Å²) in [6.45, 7) is 7.69. The highest BCUT2D eigenvalue weighted by Gasteiger charge is 2.48. The van der Waals surface area contributed by atoms with Gasteiger partial charge in [0, 0.05) is 45.1 Å². The number of imide groups is 1. The lowest BCUT2D eigenvalue weighted by Crippen LogP contribution is -2.47. The smallest absolute Gasteiger partial charge is 0.233 e. The third-order valence-electron chi connectivity index (χ3n) is 6.59. The van der Waals surface area contributed by atoms with E-state index < -0.39 is 0 Å². The molecule has 7 nitrogen and oxygen atoms in total. The Morgan fingerprint density at radius 2 is 1.61 bits per heavy atom. The second-order valence-electron chi connectivity index (χ2n) is 8.54. The third-order valence-corrected chi connectivity index (χ3v) is 6.59. The predicted octanol–water partition coefficient (Wildman–Crippen LogP) is 1.80. The minimum atomic E-state index is -0.0375. The molecule has 2 saturated heterocycles. The van der Waals surface area contributed by atoms with E-state index in [9.17, 15) is 9.59 Å². The molecule has 0 bridgehead atoms. The fraction of sp³-hybridized carbons (Fsp3) is 0.714. The average Bonchev–Trinajstić information content (AvgIpc) is 2.96. The first kappa shape index (κ1) is 19.3. The van der Waals surface area contributed by atoms with E-state index in [1.165, 1.54) is 0 Å². The molecular weight excluding hydrogens is 354 g/mol. The van der Waals surface area contributed by atoms with Crippen LogP contribution in [0.5, 0.6) is 0 Å². The van der Waals surface area contributed by atoms with Gasteiger partial charge in [0.25, 0.3) is 0 Å². The monoisotopic (exact) mass is 385 g/mol. The number of likely N-dealkylation sites (tertiary alicyclic amines) is 1. The van der Waals surface area contributed by atoms with Crippen LogP contribution in [-0.2, 0) is 9.59 Å². The molecule has 1 aromatic rings. The average molecular weight is 386 g/mol. The van der Waals surface area contributed by atoms with Crippen molar-refractivity contribution in [1.82, 2.24) is 19.8 Å². The van der Waals surface area contributed by atoms with E-state index >= 15 is 0 Å². The molecule has 3 unspecified atom stereocenters. The normalized spacial score (nSPS) is 28.7. The molecule has 1 aromatic heterocycles. The van der Waals surface area contributed by atoms with Crippen molar-refractivity contribution in [3.05, 3.63) is 18.5 Å². The summed E-state index contributed by atoms with van der Waals surface area (Å²) in [5, 5.41) is 0. The predicted molar refractivity (Wildman–Crippen MR) is 107 cm³/mol. The van der Waals surface area contributed by atoms with Gasteiger partial charge < -0.3 is 4.90 Å². The van der Waals surface area contributed by atoms with Crippen LogP contribution in [0.2, 0.25) is 0 Å². The summed E-state index contributed by atoms with van der Waals surface area (Å²) in [5.74, 6) is 1.50. The lowest BCUT2D eigenvalue weighted by molar-refractivity contribution is -0.140. The number of amides is 2. The quantitative estimate of drug-likeness (QED) is 0.549. The first-order valence-electron chi connectivity index (χ1n) is 10.7. The molecule has 1 saturated carbocycles. The standard InChI is InChI=1S/C21H31N5O2/c1-16-5-6-17-18(15-16)20(28)26(19(17)27)10-3-2-9-24-11-13-25(14-12-24)21-22-7-4-8-23-21/h4,7-8,16-18H,2-3,5-6,9-15H2,1H3. The van der Waals surface area contributed by atoms with Crippen molar-refractivity contribution in [1.29, 1.82) is 0 Å². The van der Waals surface area contributed by atoms with Crippen LogP contribution in [0, 0.1) is 17.8 Å². The van der Waals surface area contributed by atoms with Crippen molar-refractivity contribution in [2.24, 2.45) is 17.8 Å². The maximum Gasteiger partial charge on any atom is 0.233 e. The Hall–Kier alpha value is -2.02. The number of unbranched alkanes of at least 4 members (excludes halogenated alkanes) is 1.